The van der Waals surface area contributed by atoms with Crippen molar-refractivity contribution < 1.29 is 9.47 Å². The van der Waals surface area contributed by atoms with Crippen LogP contribution in [-0.4, -0.2) is 20.3 Å². The summed E-state index contributed by atoms with van der Waals surface area (Å²) in [6, 6.07) is 8.28. The third kappa shape index (κ3) is 3.93. The molecule has 0 heterocycles. The van der Waals surface area contributed by atoms with E-state index in [1.54, 1.807) is 7.11 Å². The lowest BCUT2D eigenvalue weighted by Crippen LogP contribution is -2.31. The highest BCUT2D eigenvalue weighted by Crippen LogP contribution is 2.36. The van der Waals surface area contributed by atoms with E-state index in [4.69, 9.17) is 15.3 Å². The first-order valence-electron chi connectivity index (χ1n) is 7.02. The van der Waals surface area contributed by atoms with Crippen molar-refractivity contribution in [3.63, 3.8) is 0 Å². The fourth-order valence-corrected chi connectivity index (χ4v) is 2.48. The quantitative estimate of drug-likeness (QED) is 0.430. The Morgan fingerprint density at radius 2 is 2.11 bits per heavy atom. The Kier molecular flexibility index (Phi) is 5.63. The number of nitrogens with one attached hydrogen (secondary N) is 1. The normalized spacial score (nSPS) is 16.9. The number of benzene rings is 1. The summed E-state index contributed by atoms with van der Waals surface area (Å²) >= 11 is 0. The smallest absolute Gasteiger partial charge is 0.124 e. The molecule has 1 atom stereocenters. The monoisotopic (exact) mass is 264 g/mol. The van der Waals surface area contributed by atoms with Gasteiger partial charge in [-0.25, -0.2) is 0 Å². The SMILES string of the molecule is COCCOc1ccccc1C(CC1CCC1)NN. The van der Waals surface area contributed by atoms with Crippen LogP contribution in [0.3, 0.4) is 0 Å². The Bertz CT molecular complexity index is 380. The van der Waals surface area contributed by atoms with Gasteiger partial charge < -0.3 is 9.47 Å². The van der Waals surface area contributed by atoms with Crippen molar-refractivity contribution in [1.82, 2.24) is 5.43 Å². The Labute approximate surface area is 115 Å². The number of nitrogens with two attached hydrogens (primary N) is 1. The Morgan fingerprint density at radius 1 is 1.32 bits per heavy atom. The van der Waals surface area contributed by atoms with Gasteiger partial charge in [-0.1, -0.05) is 37.5 Å². The van der Waals surface area contributed by atoms with E-state index in [2.05, 4.69) is 11.5 Å². The summed E-state index contributed by atoms with van der Waals surface area (Å²) < 4.78 is 10.8. The van der Waals surface area contributed by atoms with Gasteiger partial charge in [-0.15, -0.1) is 0 Å². The summed E-state index contributed by atoms with van der Waals surface area (Å²) in [6.45, 7) is 1.16. The molecule has 19 heavy (non-hydrogen) atoms. The zero-order valence-corrected chi connectivity index (χ0v) is 11.6. The van der Waals surface area contributed by atoms with Gasteiger partial charge in [0, 0.05) is 18.7 Å². The highest BCUT2D eigenvalue weighted by molar-refractivity contribution is 5.36. The topological polar surface area (TPSA) is 56.5 Å². The maximum Gasteiger partial charge on any atom is 0.124 e. The molecule has 4 heteroatoms. The van der Waals surface area contributed by atoms with Crippen LogP contribution in [0.1, 0.15) is 37.3 Å². The molecule has 0 spiro atoms. The molecule has 0 bridgehead atoms. The average Bonchev–Trinajstić information content (AvgIpc) is 2.39. The first-order valence-corrected chi connectivity index (χ1v) is 7.02. The molecular weight excluding hydrogens is 240 g/mol. The molecule has 3 N–H and O–H groups in total. The van der Waals surface area contributed by atoms with Crippen molar-refractivity contribution >= 4 is 0 Å². The Hall–Kier alpha value is -1.10. The van der Waals surface area contributed by atoms with E-state index < -0.39 is 0 Å². The zero-order valence-electron chi connectivity index (χ0n) is 11.6. The van der Waals surface area contributed by atoms with E-state index in [1.165, 1.54) is 19.3 Å². The number of ether oxygens (including phenoxy) is 2. The molecule has 0 aromatic heterocycles. The third-order valence-corrected chi connectivity index (χ3v) is 3.83. The molecule has 1 aliphatic carbocycles. The van der Waals surface area contributed by atoms with Crippen LogP contribution in [-0.2, 0) is 4.74 Å². The van der Waals surface area contributed by atoms with Gasteiger partial charge >= 0.3 is 0 Å². The van der Waals surface area contributed by atoms with Gasteiger partial charge in [-0.2, -0.15) is 0 Å². The van der Waals surface area contributed by atoms with Gasteiger partial charge in [0.05, 0.1) is 6.61 Å². The van der Waals surface area contributed by atoms with Gasteiger partial charge in [0.1, 0.15) is 12.4 Å². The molecule has 1 fully saturated rings. The highest BCUT2D eigenvalue weighted by atomic mass is 16.5. The average molecular weight is 264 g/mol. The van der Waals surface area contributed by atoms with Gasteiger partial charge in [-0.3, -0.25) is 11.3 Å². The predicted octanol–water partition coefficient (Wildman–Crippen LogP) is 2.41. The van der Waals surface area contributed by atoms with Crippen LogP contribution >= 0.6 is 0 Å². The van der Waals surface area contributed by atoms with E-state index in [1.807, 2.05) is 18.2 Å². The fraction of sp³-hybridized carbons (Fsp3) is 0.600. The van der Waals surface area contributed by atoms with Gasteiger partial charge in [0.2, 0.25) is 0 Å². The number of methoxy groups -OCH3 is 1. The van der Waals surface area contributed by atoms with Crippen molar-refractivity contribution in [3.05, 3.63) is 29.8 Å². The molecule has 1 unspecified atom stereocenters. The van der Waals surface area contributed by atoms with Crippen LogP contribution in [0.25, 0.3) is 0 Å². The maximum absolute atomic E-state index is 5.77. The largest absolute Gasteiger partial charge is 0.491 e. The minimum atomic E-state index is 0.170. The lowest BCUT2D eigenvalue weighted by Gasteiger charge is -2.30. The van der Waals surface area contributed by atoms with Crippen molar-refractivity contribution in [1.29, 1.82) is 0 Å². The maximum atomic E-state index is 5.77. The molecule has 106 valence electrons. The van der Waals surface area contributed by atoms with Crippen LogP contribution < -0.4 is 16.0 Å². The molecule has 0 amide bonds. The van der Waals surface area contributed by atoms with Crippen LogP contribution in [0, 0.1) is 5.92 Å². The lowest BCUT2D eigenvalue weighted by atomic mass is 9.79. The van der Waals surface area contributed by atoms with Crippen molar-refractivity contribution in [2.75, 3.05) is 20.3 Å². The minimum absolute atomic E-state index is 0.170. The molecule has 4 nitrogen and oxygen atoms in total. The highest BCUT2D eigenvalue weighted by Gasteiger charge is 2.24. The summed E-state index contributed by atoms with van der Waals surface area (Å²) in [6.07, 6.45) is 5.09. The fourth-order valence-electron chi connectivity index (χ4n) is 2.48. The van der Waals surface area contributed by atoms with Crippen molar-refractivity contribution in [2.24, 2.45) is 11.8 Å². The summed E-state index contributed by atoms with van der Waals surface area (Å²) in [7, 11) is 1.68. The Morgan fingerprint density at radius 3 is 2.74 bits per heavy atom. The second kappa shape index (κ2) is 7.48. The number of hydrogen-bond acceptors (Lipinski definition) is 4. The first-order chi connectivity index (χ1) is 9.35. The zero-order chi connectivity index (χ0) is 13.5. The van der Waals surface area contributed by atoms with Crippen molar-refractivity contribution in [3.8, 4) is 5.75 Å². The van der Waals surface area contributed by atoms with Gasteiger partial charge in [0.25, 0.3) is 0 Å². The van der Waals surface area contributed by atoms with Crippen LogP contribution in [0.15, 0.2) is 24.3 Å². The van der Waals surface area contributed by atoms with E-state index in [0.29, 0.717) is 13.2 Å². The summed E-state index contributed by atoms with van der Waals surface area (Å²) in [4.78, 5) is 0. The summed E-state index contributed by atoms with van der Waals surface area (Å²) in [5, 5.41) is 0. The molecule has 1 aromatic rings. The second-order valence-corrected chi connectivity index (χ2v) is 5.13. The van der Waals surface area contributed by atoms with Crippen LogP contribution in [0.4, 0.5) is 0 Å². The molecule has 0 radical (unpaired) electrons. The van der Waals surface area contributed by atoms with E-state index in [0.717, 1.165) is 23.7 Å². The molecule has 1 saturated carbocycles. The van der Waals surface area contributed by atoms with Crippen molar-refractivity contribution in [2.45, 2.75) is 31.7 Å². The van der Waals surface area contributed by atoms with Gasteiger partial charge in [-0.05, 0) is 18.4 Å². The molecule has 1 aromatic carbocycles. The number of rotatable bonds is 8. The molecular formula is C15H24N2O2. The standard InChI is InChI=1S/C15H24N2O2/c1-18-9-10-19-15-8-3-2-7-13(15)14(17-16)11-12-5-4-6-12/h2-3,7-8,12,14,17H,4-6,9-11,16H2,1H3. The van der Waals surface area contributed by atoms with E-state index in [9.17, 15) is 0 Å². The van der Waals surface area contributed by atoms with Gasteiger partial charge in [0.15, 0.2) is 0 Å². The van der Waals surface area contributed by atoms with Crippen LogP contribution in [0.2, 0.25) is 0 Å². The molecule has 1 aliphatic rings. The number of para-hydroxylation sites is 1. The third-order valence-electron chi connectivity index (χ3n) is 3.83. The Balaban J connectivity index is 2.02. The van der Waals surface area contributed by atoms with E-state index >= 15 is 0 Å². The second-order valence-electron chi connectivity index (χ2n) is 5.13. The first kappa shape index (κ1) is 14.3. The molecule has 0 aliphatic heterocycles. The van der Waals surface area contributed by atoms with E-state index in [-0.39, 0.29) is 6.04 Å². The predicted molar refractivity (Wildman–Crippen MR) is 75.8 cm³/mol. The number of hydrazine groups is 1. The lowest BCUT2D eigenvalue weighted by molar-refractivity contribution is 0.145. The summed E-state index contributed by atoms with van der Waals surface area (Å²) in [5.74, 6) is 7.43. The molecule has 0 saturated heterocycles. The summed E-state index contributed by atoms with van der Waals surface area (Å²) in [5.41, 5.74) is 4.08. The molecule has 2 rings (SSSR count). The van der Waals surface area contributed by atoms with Crippen LogP contribution in [0.5, 0.6) is 5.75 Å². The minimum Gasteiger partial charge on any atom is -0.491 e. The number of hydrogen-bond donors (Lipinski definition) is 2.